The number of benzene rings is 2. The number of nitrogens with zero attached hydrogens (tertiary/aromatic N) is 2. The van der Waals surface area contributed by atoms with Gasteiger partial charge in [0.15, 0.2) is 6.10 Å². The second-order valence-corrected chi connectivity index (χ2v) is 7.96. The molecule has 2 aromatic rings. The monoisotopic (exact) mass is 437 g/mol. The molecule has 2 aliphatic heterocycles. The number of rotatable bonds is 5. The maximum absolute atomic E-state index is 13.0. The zero-order valence-corrected chi connectivity index (χ0v) is 18.1. The van der Waals surface area contributed by atoms with Crippen LogP contribution >= 0.6 is 0 Å². The quantitative estimate of drug-likeness (QED) is 0.724. The molecule has 1 atom stereocenters. The highest BCUT2D eigenvalue weighted by molar-refractivity contribution is 5.96. The fraction of sp³-hybridized carbons (Fsp3) is 0.375. The van der Waals surface area contributed by atoms with E-state index in [1.807, 2.05) is 34.1 Å². The van der Waals surface area contributed by atoms with Gasteiger partial charge >= 0.3 is 5.97 Å². The minimum atomic E-state index is -0.643. The minimum Gasteiger partial charge on any atom is -0.477 e. The zero-order valence-electron chi connectivity index (χ0n) is 18.1. The Bertz CT molecular complexity index is 985. The number of ether oxygens (including phenoxy) is 2. The van der Waals surface area contributed by atoms with Crippen LogP contribution in [-0.4, -0.2) is 62.1 Å². The largest absolute Gasteiger partial charge is 0.477 e. The Labute approximate surface area is 187 Å². The van der Waals surface area contributed by atoms with Crippen molar-refractivity contribution in [2.45, 2.75) is 25.4 Å². The van der Waals surface area contributed by atoms with Crippen molar-refractivity contribution < 1.29 is 23.9 Å². The van der Waals surface area contributed by atoms with Crippen molar-refractivity contribution in [1.82, 2.24) is 4.90 Å². The van der Waals surface area contributed by atoms with Crippen LogP contribution < -0.4 is 15.0 Å². The Hall–Kier alpha value is -3.55. The Morgan fingerprint density at radius 3 is 2.47 bits per heavy atom. The number of anilines is 2. The average Bonchev–Trinajstić information content (AvgIpc) is 2.84. The van der Waals surface area contributed by atoms with Gasteiger partial charge in [-0.3, -0.25) is 9.59 Å². The maximum atomic E-state index is 13.0. The van der Waals surface area contributed by atoms with Gasteiger partial charge in [-0.1, -0.05) is 12.1 Å². The van der Waals surface area contributed by atoms with E-state index in [-0.39, 0.29) is 18.4 Å². The van der Waals surface area contributed by atoms with E-state index in [1.165, 1.54) is 7.11 Å². The van der Waals surface area contributed by atoms with Crippen LogP contribution in [0.2, 0.25) is 0 Å². The molecule has 0 radical (unpaired) electrons. The normalized spacial score (nSPS) is 17.7. The summed E-state index contributed by atoms with van der Waals surface area (Å²) in [6.45, 7) is 1.88. The van der Waals surface area contributed by atoms with E-state index >= 15 is 0 Å². The van der Waals surface area contributed by atoms with E-state index in [9.17, 15) is 14.4 Å². The van der Waals surface area contributed by atoms with Crippen LogP contribution in [0.4, 0.5) is 11.4 Å². The van der Waals surface area contributed by atoms with Gasteiger partial charge in [-0.2, -0.15) is 0 Å². The van der Waals surface area contributed by atoms with Gasteiger partial charge in [0, 0.05) is 18.8 Å². The first kappa shape index (κ1) is 21.7. The molecule has 2 heterocycles. The van der Waals surface area contributed by atoms with Gasteiger partial charge in [0.1, 0.15) is 5.75 Å². The third-order valence-electron chi connectivity index (χ3n) is 5.73. The molecule has 1 saturated heterocycles. The molecule has 0 unspecified atom stereocenters. The van der Waals surface area contributed by atoms with Gasteiger partial charge in [-0.25, -0.2) is 4.79 Å². The molecule has 8 nitrogen and oxygen atoms in total. The van der Waals surface area contributed by atoms with E-state index < -0.39 is 12.1 Å². The summed E-state index contributed by atoms with van der Waals surface area (Å²) in [6.07, 6.45) is 2.52. The molecule has 1 fully saturated rings. The highest BCUT2D eigenvalue weighted by Crippen LogP contribution is 2.33. The topological polar surface area (TPSA) is 88.2 Å². The Morgan fingerprint density at radius 2 is 1.75 bits per heavy atom. The number of amides is 2. The lowest BCUT2D eigenvalue weighted by Crippen LogP contribution is -2.52. The summed E-state index contributed by atoms with van der Waals surface area (Å²) >= 11 is 0. The molecule has 4 rings (SSSR count). The smallest absolute Gasteiger partial charge is 0.337 e. The standard InChI is InChI=1S/C24H27N3O5/c1-31-24(30)17-9-11-18(12-10-17)25-22(28)16-27-15-21(23(29)26-13-5-2-6-14-26)32-20-8-4-3-7-19(20)27/h3-4,7-12,21H,2,5-6,13-16H2,1H3,(H,25,28)/t21-/m0/s1. The molecular weight excluding hydrogens is 410 g/mol. The summed E-state index contributed by atoms with van der Waals surface area (Å²) in [7, 11) is 1.32. The molecule has 0 bridgehead atoms. The van der Waals surface area contributed by atoms with Crippen molar-refractivity contribution >= 4 is 29.2 Å². The van der Waals surface area contributed by atoms with Gasteiger partial charge in [-0.05, 0) is 55.7 Å². The summed E-state index contributed by atoms with van der Waals surface area (Å²) in [4.78, 5) is 41.1. The van der Waals surface area contributed by atoms with Crippen molar-refractivity contribution in [2.75, 3.05) is 43.5 Å². The number of carbonyl (C=O) groups is 3. The lowest BCUT2D eigenvalue weighted by molar-refractivity contribution is -0.139. The number of hydrogen-bond acceptors (Lipinski definition) is 6. The van der Waals surface area contributed by atoms with Crippen molar-refractivity contribution in [2.24, 2.45) is 0 Å². The Kier molecular flexibility index (Phi) is 6.58. The SMILES string of the molecule is COC(=O)c1ccc(NC(=O)CN2C[C@@H](C(=O)N3CCCCC3)Oc3ccccc32)cc1. The second-order valence-electron chi connectivity index (χ2n) is 7.96. The lowest BCUT2D eigenvalue weighted by atomic mass is 10.1. The van der Waals surface area contributed by atoms with Crippen molar-refractivity contribution in [3.8, 4) is 5.75 Å². The van der Waals surface area contributed by atoms with Crippen LogP contribution in [0.1, 0.15) is 29.6 Å². The first-order valence-corrected chi connectivity index (χ1v) is 10.8. The van der Waals surface area contributed by atoms with E-state index in [2.05, 4.69) is 10.1 Å². The highest BCUT2D eigenvalue weighted by Gasteiger charge is 2.34. The predicted octanol–water partition coefficient (Wildman–Crippen LogP) is 2.69. The first-order valence-electron chi connectivity index (χ1n) is 10.8. The molecule has 0 spiro atoms. The molecule has 0 aromatic heterocycles. The number of likely N-dealkylation sites (tertiary alicyclic amines) is 1. The van der Waals surface area contributed by atoms with Crippen molar-refractivity contribution in [1.29, 1.82) is 0 Å². The number of esters is 1. The number of methoxy groups -OCH3 is 1. The predicted molar refractivity (Wildman–Crippen MR) is 120 cm³/mol. The van der Waals surface area contributed by atoms with Crippen LogP contribution in [0.3, 0.4) is 0 Å². The third-order valence-corrected chi connectivity index (χ3v) is 5.73. The van der Waals surface area contributed by atoms with Gasteiger partial charge < -0.3 is 24.6 Å². The number of carbonyl (C=O) groups excluding carboxylic acids is 3. The fourth-order valence-corrected chi connectivity index (χ4v) is 4.08. The molecule has 0 aliphatic carbocycles. The Balaban J connectivity index is 1.44. The van der Waals surface area contributed by atoms with Crippen molar-refractivity contribution in [3.63, 3.8) is 0 Å². The van der Waals surface area contributed by atoms with E-state index in [1.54, 1.807) is 24.3 Å². The number of piperidine rings is 1. The van der Waals surface area contributed by atoms with Gasteiger partial charge in [0.05, 0.1) is 31.5 Å². The lowest BCUT2D eigenvalue weighted by Gasteiger charge is -2.38. The van der Waals surface area contributed by atoms with Crippen LogP contribution in [-0.2, 0) is 14.3 Å². The fourth-order valence-electron chi connectivity index (χ4n) is 4.08. The summed E-state index contributed by atoms with van der Waals surface area (Å²) in [5, 5.41) is 2.84. The minimum absolute atomic E-state index is 0.0250. The summed E-state index contributed by atoms with van der Waals surface area (Å²) in [5.74, 6) is -0.0822. The molecule has 0 saturated carbocycles. The number of para-hydroxylation sites is 2. The van der Waals surface area contributed by atoms with E-state index in [0.717, 1.165) is 38.0 Å². The van der Waals surface area contributed by atoms with Crippen LogP contribution in [0.25, 0.3) is 0 Å². The average molecular weight is 437 g/mol. The van der Waals surface area contributed by atoms with Crippen LogP contribution in [0.5, 0.6) is 5.75 Å². The third kappa shape index (κ3) is 4.85. The number of fused-ring (bicyclic) bond motifs is 1. The molecule has 2 amide bonds. The van der Waals surface area contributed by atoms with Crippen LogP contribution in [0.15, 0.2) is 48.5 Å². The van der Waals surface area contributed by atoms with Crippen molar-refractivity contribution in [3.05, 3.63) is 54.1 Å². The molecular formula is C24H27N3O5. The van der Waals surface area contributed by atoms with E-state index in [4.69, 9.17) is 4.74 Å². The van der Waals surface area contributed by atoms with Crippen LogP contribution in [0, 0.1) is 0 Å². The Morgan fingerprint density at radius 1 is 1.03 bits per heavy atom. The summed E-state index contributed by atoms with van der Waals surface area (Å²) in [5.41, 5.74) is 1.77. The van der Waals surface area contributed by atoms with E-state index in [0.29, 0.717) is 23.5 Å². The maximum Gasteiger partial charge on any atom is 0.337 e. The summed E-state index contributed by atoms with van der Waals surface area (Å²) in [6, 6.07) is 13.9. The van der Waals surface area contributed by atoms with Gasteiger partial charge in [-0.15, -0.1) is 0 Å². The number of nitrogens with one attached hydrogen (secondary N) is 1. The second kappa shape index (κ2) is 9.72. The highest BCUT2D eigenvalue weighted by atomic mass is 16.5. The molecule has 8 heteroatoms. The molecule has 32 heavy (non-hydrogen) atoms. The molecule has 1 N–H and O–H groups in total. The first-order chi connectivity index (χ1) is 15.5. The number of hydrogen-bond donors (Lipinski definition) is 1. The molecule has 2 aliphatic rings. The van der Waals surface area contributed by atoms with Gasteiger partial charge in [0.2, 0.25) is 5.91 Å². The van der Waals surface area contributed by atoms with Gasteiger partial charge in [0.25, 0.3) is 5.91 Å². The summed E-state index contributed by atoms with van der Waals surface area (Å²) < 4.78 is 10.7. The molecule has 2 aromatic carbocycles. The zero-order chi connectivity index (χ0) is 22.5. The molecule has 168 valence electrons.